The van der Waals surface area contributed by atoms with E-state index in [1.165, 1.54) is 0 Å². The molecular weight excluding hydrogens is 366 g/mol. The number of nitrogens with one attached hydrogen (secondary N) is 2. The first-order chi connectivity index (χ1) is 13.1. The van der Waals surface area contributed by atoms with Crippen LogP contribution in [0.25, 0.3) is 0 Å². The molecule has 3 rings (SSSR count). The molecule has 1 heterocycles. The lowest BCUT2D eigenvalue weighted by Crippen LogP contribution is -2.14. The largest absolute Gasteiger partial charge is 0.497 e. The quantitative estimate of drug-likeness (QED) is 0.565. The second kappa shape index (κ2) is 9.05. The summed E-state index contributed by atoms with van der Waals surface area (Å²) < 4.78 is 10.8. The first kappa shape index (κ1) is 18.7. The lowest BCUT2D eigenvalue weighted by Gasteiger charge is -2.10. The maximum Gasteiger partial charge on any atom is 0.244 e. The molecule has 0 saturated heterocycles. The van der Waals surface area contributed by atoms with Gasteiger partial charge in [-0.05, 0) is 55.0 Å². The minimum atomic E-state index is 0.421. The van der Waals surface area contributed by atoms with E-state index in [2.05, 4.69) is 25.8 Å². The molecule has 0 unspecified atom stereocenters. The van der Waals surface area contributed by atoms with E-state index in [0.29, 0.717) is 29.9 Å². The molecule has 8 heteroatoms. The standard InChI is InChI=1S/C19H20ClN5O2/c1-13-11-14(20)3-8-17(13)23-18-12-22-25-19(24-18)21-9-10-27-16-6-4-15(26-2)5-7-16/h3-8,11-12H,9-10H2,1-2H3,(H2,21,23,24,25). The average molecular weight is 386 g/mol. The van der Waals surface area contributed by atoms with E-state index in [1.807, 2.05) is 49.4 Å². The number of hydrogen-bond donors (Lipinski definition) is 2. The lowest BCUT2D eigenvalue weighted by molar-refractivity contribution is 0.331. The smallest absolute Gasteiger partial charge is 0.244 e. The molecule has 0 spiro atoms. The van der Waals surface area contributed by atoms with Gasteiger partial charge in [0.05, 0.1) is 19.9 Å². The van der Waals surface area contributed by atoms with Crippen molar-refractivity contribution in [1.29, 1.82) is 0 Å². The Morgan fingerprint density at radius 3 is 2.59 bits per heavy atom. The summed E-state index contributed by atoms with van der Waals surface area (Å²) in [6, 6.07) is 13.0. The SMILES string of the molecule is COc1ccc(OCCNc2nncc(Nc3ccc(Cl)cc3C)n2)cc1. The van der Waals surface area contributed by atoms with Gasteiger partial charge in [-0.1, -0.05) is 11.6 Å². The Labute approximate surface area is 162 Å². The predicted molar refractivity (Wildman–Crippen MR) is 106 cm³/mol. The summed E-state index contributed by atoms with van der Waals surface area (Å²) in [5.74, 6) is 2.57. The maximum absolute atomic E-state index is 5.98. The highest BCUT2D eigenvalue weighted by molar-refractivity contribution is 6.30. The molecule has 0 aliphatic rings. The summed E-state index contributed by atoms with van der Waals surface area (Å²) in [7, 11) is 1.63. The number of hydrogen-bond acceptors (Lipinski definition) is 7. The summed E-state index contributed by atoms with van der Waals surface area (Å²) in [6.45, 7) is 2.97. The normalized spacial score (nSPS) is 10.3. The van der Waals surface area contributed by atoms with Crippen molar-refractivity contribution in [2.75, 3.05) is 30.9 Å². The van der Waals surface area contributed by atoms with E-state index in [1.54, 1.807) is 13.3 Å². The van der Waals surface area contributed by atoms with Crippen molar-refractivity contribution in [3.05, 3.63) is 59.2 Å². The van der Waals surface area contributed by atoms with Gasteiger partial charge in [-0.25, -0.2) is 0 Å². The highest BCUT2D eigenvalue weighted by Gasteiger charge is 2.04. The number of nitrogens with zero attached hydrogens (tertiary/aromatic N) is 3. The van der Waals surface area contributed by atoms with Crippen LogP contribution in [0.1, 0.15) is 5.56 Å². The molecule has 0 radical (unpaired) electrons. The Bertz CT molecular complexity index is 890. The fourth-order valence-electron chi connectivity index (χ4n) is 2.35. The third kappa shape index (κ3) is 5.46. The zero-order chi connectivity index (χ0) is 19.1. The van der Waals surface area contributed by atoms with E-state index in [9.17, 15) is 0 Å². The summed E-state index contributed by atoms with van der Waals surface area (Å²) >= 11 is 5.98. The van der Waals surface area contributed by atoms with Gasteiger partial charge >= 0.3 is 0 Å². The average Bonchev–Trinajstić information content (AvgIpc) is 2.68. The Hall–Kier alpha value is -3.06. The van der Waals surface area contributed by atoms with E-state index in [-0.39, 0.29) is 0 Å². The summed E-state index contributed by atoms with van der Waals surface area (Å²) in [5, 5.41) is 14.9. The molecule has 0 atom stereocenters. The van der Waals surface area contributed by atoms with Crippen LogP contribution in [0, 0.1) is 6.92 Å². The van der Waals surface area contributed by atoms with Crippen LogP contribution in [-0.4, -0.2) is 35.4 Å². The number of ether oxygens (including phenoxy) is 2. The van der Waals surface area contributed by atoms with E-state index in [4.69, 9.17) is 21.1 Å². The molecule has 2 N–H and O–H groups in total. The van der Waals surface area contributed by atoms with Crippen LogP contribution in [0.3, 0.4) is 0 Å². The number of methoxy groups -OCH3 is 1. The zero-order valence-corrected chi connectivity index (χ0v) is 15.8. The molecule has 3 aromatic rings. The van der Waals surface area contributed by atoms with Crippen LogP contribution in [0.15, 0.2) is 48.7 Å². The van der Waals surface area contributed by atoms with Gasteiger partial charge in [-0.2, -0.15) is 10.1 Å². The van der Waals surface area contributed by atoms with Crippen molar-refractivity contribution >= 4 is 29.1 Å². The van der Waals surface area contributed by atoms with Crippen LogP contribution < -0.4 is 20.1 Å². The predicted octanol–water partition coefficient (Wildman–Crippen LogP) is 4.08. The highest BCUT2D eigenvalue weighted by Crippen LogP contribution is 2.22. The molecule has 0 aliphatic heterocycles. The van der Waals surface area contributed by atoms with Gasteiger partial charge in [0.1, 0.15) is 18.1 Å². The Balaban J connectivity index is 1.51. The number of aromatic nitrogens is 3. The molecule has 7 nitrogen and oxygen atoms in total. The fourth-order valence-corrected chi connectivity index (χ4v) is 2.57. The second-order valence-corrected chi connectivity index (χ2v) is 6.14. The number of anilines is 3. The molecule has 0 amide bonds. The van der Waals surface area contributed by atoms with E-state index < -0.39 is 0 Å². The molecule has 1 aromatic heterocycles. The van der Waals surface area contributed by atoms with Crippen LogP contribution in [-0.2, 0) is 0 Å². The Morgan fingerprint density at radius 1 is 1.07 bits per heavy atom. The molecular formula is C19H20ClN5O2. The number of benzene rings is 2. The van der Waals surface area contributed by atoms with Gasteiger partial charge in [0.2, 0.25) is 5.95 Å². The molecule has 27 heavy (non-hydrogen) atoms. The van der Waals surface area contributed by atoms with Gasteiger partial charge in [0.25, 0.3) is 0 Å². The summed E-state index contributed by atoms with van der Waals surface area (Å²) in [5.41, 5.74) is 1.93. The maximum atomic E-state index is 5.98. The van der Waals surface area contributed by atoms with Gasteiger partial charge < -0.3 is 20.1 Å². The van der Waals surface area contributed by atoms with Crippen molar-refractivity contribution in [1.82, 2.24) is 15.2 Å². The Morgan fingerprint density at radius 2 is 1.85 bits per heavy atom. The van der Waals surface area contributed by atoms with Crippen LogP contribution in [0.5, 0.6) is 11.5 Å². The monoisotopic (exact) mass is 385 g/mol. The third-order valence-corrected chi connectivity index (χ3v) is 3.96. The van der Waals surface area contributed by atoms with Crippen molar-refractivity contribution < 1.29 is 9.47 Å². The Kier molecular flexibility index (Phi) is 6.27. The van der Waals surface area contributed by atoms with Gasteiger partial charge in [-0.3, -0.25) is 0 Å². The topological polar surface area (TPSA) is 81.2 Å². The van der Waals surface area contributed by atoms with Crippen molar-refractivity contribution in [2.24, 2.45) is 0 Å². The molecule has 0 saturated carbocycles. The van der Waals surface area contributed by atoms with Crippen LogP contribution >= 0.6 is 11.6 Å². The number of rotatable bonds is 8. The van der Waals surface area contributed by atoms with Crippen LogP contribution in [0.4, 0.5) is 17.5 Å². The molecule has 2 aromatic carbocycles. The van der Waals surface area contributed by atoms with Gasteiger partial charge in [-0.15, -0.1) is 5.10 Å². The fraction of sp³-hybridized carbons (Fsp3) is 0.211. The van der Waals surface area contributed by atoms with E-state index >= 15 is 0 Å². The first-order valence-electron chi connectivity index (χ1n) is 8.37. The lowest BCUT2D eigenvalue weighted by atomic mass is 10.2. The van der Waals surface area contributed by atoms with Gasteiger partial charge in [0.15, 0.2) is 5.82 Å². The minimum absolute atomic E-state index is 0.421. The first-order valence-corrected chi connectivity index (χ1v) is 8.75. The number of halogens is 1. The summed E-state index contributed by atoms with van der Waals surface area (Å²) in [6.07, 6.45) is 1.56. The summed E-state index contributed by atoms with van der Waals surface area (Å²) in [4.78, 5) is 4.40. The van der Waals surface area contributed by atoms with Crippen LogP contribution in [0.2, 0.25) is 5.02 Å². The van der Waals surface area contributed by atoms with E-state index in [0.717, 1.165) is 22.7 Å². The zero-order valence-electron chi connectivity index (χ0n) is 15.1. The minimum Gasteiger partial charge on any atom is -0.497 e. The number of aryl methyl sites for hydroxylation is 1. The molecule has 0 bridgehead atoms. The van der Waals surface area contributed by atoms with Crippen molar-refractivity contribution in [2.45, 2.75) is 6.92 Å². The van der Waals surface area contributed by atoms with Crippen molar-refractivity contribution in [3.63, 3.8) is 0 Å². The third-order valence-electron chi connectivity index (χ3n) is 3.72. The molecule has 0 aliphatic carbocycles. The second-order valence-electron chi connectivity index (χ2n) is 5.70. The molecule has 0 fully saturated rings. The highest BCUT2D eigenvalue weighted by atomic mass is 35.5. The molecule has 140 valence electrons. The van der Waals surface area contributed by atoms with Crippen molar-refractivity contribution in [3.8, 4) is 11.5 Å². The van der Waals surface area contributed by atoms with Gasteiger partial charge in [0, 0.05) is 10.7 Å².